The fourth-order valence-electron chi connectivity index (χ4n) is 10.9. The quantitative estimate of drug-likeness (QED) is 0.0388. The van der Waals surface area contributed by atoms with Gasteiger partial charge in [-0.15, -0.1) is 0 Å². The molecule has 14 nitrogen and oxygen atoms in total. The van der Waals surface area contributed by atoms with Gasteiger partial charge >= 0.3 is 17.9 Å². The van der Waals surface area contributed by atoms with E-state index in [0.29, 0.717) is 30.4 Å². The number of rotatable bonds is 26. The van der Waals surface area contributed by atoms with Gasteiger partial charge in [0.25, 0.3) is 11.1 Å². The number of carbonyl (C=O) groups is 4. The van der Waals surface area contributed by atoms with Crippen LogP contribution in [0.1, 0.15) is 153 Å². The molecule has 0 aliphatic heterocycles. The van der Waals surface area contributed by atoms with Gasteiger partial charge in [-0.1, -0.05) is 64.1 Å². The van der Waals surface area contributed by atoms with E-state index in [1.807, 2.05) is 139 Å². The largest absolute Gasteiger partial charge is 0.480 e. The SMILES string of the molecule is CCOC(=O)C[C@H](CC(=O)C(CC(C)C)n1cc(CCN(C)C)c(C)cc1=O)c1cc(-c2c(C)cccc2C)cc(F)c1F.CCOC(=O)C[C@H](N)c1cc(-c2c(C)cccc2C)cc(F)c1F.Cc1cc(=O)n(C(CC(C)C)C(=O)O)cc1CCN(C)C.S.S. The van der Waals surface area contributed by atoms with Crippen molar-refractivity contribution < 1.29 is 51.3 Å². The summed E-state index contributed by atoms with van der Waals surface area (Å²) in [5.74, 6) is -7.30. The topological polar surface area (TPSA) is 183 Å². The van der Waals surface area contributed by atoms with Crippen LogP contribution in [0.5, 0.6) is 0 Å². The Kier molecular flexibility index (Phi) is 33.2. The zero-order valence-corrected chi connectivity index (χ0v) is 57.9. The summed E-state index contributed by atoms with van der Waals surface area (Å²) in [5, 5.41) is 9.41. The molecule has 500 valence electrons. The maximum absolute atomic E-state index is 15.6. The Morgan fingerprint density at radius 2 is 0.923 bits per heavy atom. The lowest BCUT2D eigenvalue weighted by Gasteiger charge is -2.25. The molecule has 6 aromatic rings. The van der Waals surface area contributed by atoms with Crippen molar-refractivity contribution in [1.29, 1.82) is 0 Å². The number of esters is 2. The van der Waals surface area contributed by atoms with E-state index in [4.69, 9.17) is 15.2 Å². The second-order valence-corrected chi connectivity index (χ2v) is 24.4. The molecule has 3 N–H and O–H groups in total. The highest BCUT2D eigenvalue weighted by atomic mass is 32.1. The van der Waals surface area contributed by atoms with E-state index in [2.05, 4.69) is 4.90 Å². The number of halogens is 4. The lowest BCUT2D eigenvalue weighted by atomic mass is 9.84. The molecule has 0 amide bonds. The Morgan fingerprint density at radius 3 is 1.31 bits per heavy atom. The number of aliphatic carboxylic acids is 1. The minimum atomic E-state index is -1.10. The van der Waals surface area contributed by atoms with Gasteiger partial charge in [0.2, 0.25) is 0 Å². The molecule has 0 radical (unpaired) electrons. The number of Topliss-reactive ketones (excluding diaryl/α,β-unsaturated/α-hetero) is 1. The standard InChI is InChI=1S/C36H46F2N2O4.C19H21F2NO2.C16H26N2O3.2H2S/c1-9-44-34(43)20-27(29-17-28(18-30(37)36(29)38)35-23(4)11-10-12-24(35)5)19-32(41)31(15-22(2)3)40-21-26(13-14-39(7)8)25(6)16-33(40)42;1-4-24-17(23)10-16(22)14-8-13(9-15(20)19(14)21)18-11(2)6-5-7-12(18)3;1-11(2)8-14(16(20)21)18-10-13(6-7-17(4)5)12(3)9-15(18)19;;/h10-12,16-18,21-22,27,31H,9,13-15,19-20H2,1-8H3;5-9,16H,4,10,22H2,1-3H3;9-11,14H,6-8H2,1-5H3,(H,20,21);2*1H2/t27-,31?;16-;;;/m00.../s1. The number of benzene rings is 4. The van der Waals surface area contributed by atoms with Crippen LogP contribution in [0, 0.1) is 76.6 Å². The molecule has 2 unspecified atom stereocenters. The Balaban J connectivity index is 0.000000507. The summed E-state index contributed by atoms with van der Waals surface area (Å²) in [6.07, 6.45) is 5.02. The van der Waals surface area contributed by atoms with Gasteiger partial charge in [0.1, 0.15) is 6.04 Å². The zero-order valence-electron chi connectivity index (χ0n) is 55.9. The molecule has 0 aliphatic carbocycles. The minimum Gasteiger partial charge on any atom is -0.480 e. The first-order chi connectivity index (χ1) is 41.8. The monoisotopic (exact) mass is 1300 g/mol. The van der Waals surface area contributed by atoms with Crippen molar-refractivity contribution in [2.45, 2.75) is 152 Å². The van der Waals surface area contributed by atoms with Crippen molar-refractivity contribution in [3.05, 3.63) is 185 Å². The van der Waals surface area contributed by atoms with E-state index >= 15 is 8.78 Å². The Hall–Kier alpha value is -6.84. The molecular weight excluding hydrogens is 1210 g/mol. The van der Waals surface area contributed by atoms with E-state index in [1.54, 1.807) is 44.4 Å². The molecule has 4 atom stereocenters. The first kappa shape index (κ1) is 80.3. The van der Waals surface area contributed by atoms with Crippen molar-refractivity contribution in [3.8, 4) is 22.3 Å². The maximum Gasteiger partial charge on any atom is 0.326 e. The summed E-state index contributed by atoms with van der Waals surface area (Å²) in [6, 6.07) is 17.3. The molecule has 0 aliphatic rings. The van der Waals surface area contributed by atoms with Crippen molar-refractivity contribution >= 4 is 50.7 Å². The summed E-state index contributed by atoms with van der Waals surface area (Å²) in [4.78, 5) is 79.4. The average molecular weight is 1300 g/mol. The van der Waals surface area contributed by atoms with Gasteiger partial charge in [-0.25, -0.2) is 22.4 Å². The fraction of sp³-hybridized carbons (Fsp3) is 0.465. The van der Waals surface area contributed by atoms with E-state index in [0.717, 1.165) is 87.3 Å². The molecule has 2 aromatic heterocycles. The predicted octanol–water partition coefficient (Wildman–Crippen LogP) is 13.5. The number of ether oxygens (including phenoxy) is 2. The number of nitrogens with two attached hydrogens (primary N) is 1. The van der Waals surface area contributed by atoms with Crippen LogP contribution in [0.3, 0.4) is 0 Å². The molecule has 0 fully saturated rings. The summed E-state index contributed by atoms with van der Waals surface area (Å²) in [6.45, 7) is 24.5. The number of nitrogens with zero attached hydrogens (tertiary/aromatic N) is 4. The lowest BCUT2D eigenvalue weighted by Crippen LogP contribution is -2.32. The molecular formula is C71H97F4N5O9S2. The first-order valence-corrected chi connectivity index (χ1v) is 30.5. The molecule has 0 spiro atoms. The van der Waals surface area contributed by atoms with Crippen LogP contribution in [0.2, 0.25) is 0 Å². The number of pyridine rings is 2. The molecule has 2 heterocycles. The highest BCUT2D eigenvalue weighted by molar-refractivity contribution is 7.59. The summed E-state index contributed by atoms with van der Waals surface area (Å²) in [5.41, 5.74) is 15.3. The predicted molar refractivity (Wildman–Crippen MR) is 365 cm³/mol. The molecule has 0 saturated heterocycles. The number of carboxylic acid groups (broad SMARTS) is 1. The molecule has 6 rings (SSSR count). The smallest absolute Gasteiger partial charge is 0.326 e. The van der Waals surface area contributed by atoms with Gasteiger partial charge in [0.15, 0.2) is 29.1 Å². The first-order valence-electron chi connectivity index (χ1n) is 30.5. The Morgan fingerprint density at radius 1 is 0.549 bits per heavy atom. The van der Waals surface area contributed by atoms with Crippen LogP contribution >= 0.6 is 27.0 Å². The van der Waals surface area contributed by atoms with Crippen LogP contribution in [-0.2, 0) is 41.5 Å². The Bertz CT molecular complexity index is 3510. The van der Waals surface area contributed by atoms with E-state index < -0.39 is 65.2 Å². The maximum atomic E-state index is 15.6. The number of carbonyl (C=O) groups excluding carboxylic acids is 3. The van der Waals surface area contributed by atoms with Crippen molar-refractivity contribution in [2.24, 2.45) is 17.6 Å². The van der Waals surface area contributed by atoms with Gasteiger partial charge in [-0.05, 0) is 218 Å². The summed E-state index contributed by atoms with van der Waals surface area (Å²) >= 11 is 0. The molecule has 0 bridgehead atoms. The molecule has 4 aromatic carbocycles. The third kappa shape index (κ3) is 23.4. The number of aromatic nitrogens is 2. The highest BCUT2D eigenvalue weighted by Gasteiger charge is 2.32. The van der Waals surface area contributed by atoms with Gasteiger partial charge in [0, 0.05) is 61.6 Å². The van der Waals surface area contributed by atoms with Gasteiger partial charge in [0.05, 0.1) is 32.1 Å². The number of aryl methyl sites for hydroxylation is 6. The molecule has 20 heteroatoms. The van der Waals surface area contributed by atoms with Gasteiger partial charge in [-0.3, -0.25) is 24.0 Å². The average Bonchev–Trinajstić information content (AvgIpc) is 1.93. The van der Waals surface area contributed by atoms with Crippen LogP contribution in [0.4, 0.5) is 17.6 Å². The number of hydrogen-bond acceptors (Lipinski definition) is 11. The molecule has 91 heavy (non-hydrogen) atoms. The van der Waals surface area contributed by atoms with Crippen molar-refractivity contribution in [2.75, 3.05) is 54.5 Å². The zero-order chi connectivity index (χ0) is 66.7. The van der Waals surface area contributed by atoms with E-state index in [1.165, 1.54) is 15.2 Å². The summed E-state index contributed by atoms with van der Waals surface area (Å²) < 4.78 is 71.9. The normalized spacial score (nSPS) is 12.4. The minimum absolute atomic E-state index is 0. The fourth-order valence-corrected chi connectivity index (χ4v) is 10.9. The Labute approximate surface area is 549 Å². The number of carboxylic acids is 1. The second kappa shape index (κ2) is 37.6. The van der Waals surface area contributed by atoms with Crippen LogP contribution in [-0.4, -0.2) is 102 Å². The van der Waals surface area contributed by atoms with Crippen molar-refractivity contribution in [1.82, 2.24) is 18.9 Å². The van der Waals surface area contributed by atoms with Crippen LogP contribution < -0.4 is 16.9 Å². The van der Waals surface area contributed by atoms with Crippen LogP contribution in [0.25, 0.3) is 22.3 Å². The third-order valence-electron chi connectivity index (χ3n) is 15.5. The van der Waals surface area contributed by atoms with Crippen LogP contribution in [0.15, 0.2) is 94.8 Å². The van der Waals surface area contributed by atoms with E-state index in [9.17, 15) is 42.7 Å². The third-order valence-corrected chi connectivity index (χ3v) is 15.5. The molecule has 0 saturated carbocycles. The number of likely N-dealkylation sites (N-methyl/N-ethyl adjacent to an activating group) is 2. The van der Waals surface area contributed by atoms with Gasteiger partial charge < -0.3 is 39.2 Å². The number of ketones is 1. The van der Waals surface area contributed by atoms with Gasteiger partial charge in [-0.2, -0.15) is 27.0 Å². The highest BCUT2D eigenvalue weighted by Crippen LogP contribution is 2.37. The lowest BCUT2D eigenvalue weighted by molar-refractivity contribution is -0.144. The summed E-state index contributed by atoms with van der Waals surface area (Å²) in [7, 11) is 7.92. The second-order valence-electron chi connectivity index (χ2n) is 24.4. The number of hydrogen-bond donors (Lipinski definition) is 2. The van der Waals surface area contributed by atoms with Crippen molar-refractivity contribution in [3.63, 3.8) is 0 Å². The van der Waals surface area contributed by atoms with E-state index in [-0.39, 0.29) is 99.3 Å².